The third-order valence-corrected chi connectivity index (χ3v) is 4.47. The standard InChI is InChI=1S/C15H20N2O/c1-16-15(10-4-3-5-10)11-6-7-13-12(8-11)9-14(18)17(13)2/h6-8,10,15-16H,3-5,9H2,1-2H3. The molecule has 3 nitrogen and oxygen atoms in total. The van der Waals surface area contributed by atoms with Gasteiger partial charge in [0.1, 0.15) is 0 Å². The van der Waals surface area contributed by atoms with Gasteiger partial charge in [-0.05, 0) is 43.0 Å². The fourth-order valence-corrected chi connectivity index (χ4v) is 3.13. The Hall–Kier alpha value is -1.35. The summed E-state index contributed by atoms with van der Waals surface area (Å²) in [4.78, 5) is 13.5. The number of fused-ring (bicyclic) bond motifs is 1. The summed E-state index contributed by atoms with van der Waals surface area (Å²) in [6, 6.07) is 6.94. The lowest BCUT2D eigenvalue weighted by Gasteiger charge is -2.34. The van der Waals surface area contributed by atoms with Crippen molar-refractivity contribution in [2.75, 3.05) is 19.0 Å². The van der Waals surface area contributed by atoms with Crippen molar-refractivity contribution in [3.63, 3.8) is 0 Å². The van der Waals surface area contributed by atoms with Crippen LogP contribution in [0, 0.1) is 5.92 Å². The Kier molecular flexibility index (Phi) is 2.86. The van der Waals surface area contributed by atoms with Gasteiger partial charge in [-0.25, -0.2) is 0 Å². The summed E-state index contributed by atoms with van der Waals surface area (Å²) in [7, 11) is 3.89. The monoisotopic (exact) mass is 244 g/mol. The van der Waals surface area contributed by atoms with Crippen molar-refractivity contribution in [3.05, 3.63) is 29.3 Å². The quantitative estimate of drug-likeness (QED) is 0.884. The normalized spacial score (nSPS) is 20.8. The molecular formula is C15H20N2O. The minimum absolute atomic E-state index is 0.201. The molecule has 0 bridgehead atoms. The lowest BCUT2D eigenvalue weighted by molar-refractivity contribution is -0.117. The van der Waals surface area contributed by atoms with Gasteiger partial charge in [-0.2, -0.15) is 0 Å². The molecule has 1 heterocycles. The third-order valence-electron chi connectivity index (χ3n) is 4.47. The summed E-state index contributed by atoms with van der Waals surface area (Å²) in [6.07, 6.45) is 4.55. The maximum absolute atomic E-state index is 11.7. The molecule has 3 heteroatoms. The lowest BCUT2D eigenvalue weighted by Crippen LogP contribution is -2.29. The Bertz CT molecular complexity index is 479. The second-order valence-electron chi connectivity index (χ2n) is 5.48. The number of hydrogen-bond donors (Lipinski definition) is 1. The van der Waals surface area contributed by atoms with Gasteiger partial charge >= 0.3 is 0 Å². The number of anilines is 1. The number of amides is 1. The number of benzene rings is 1. The van der Waals surface area contributed by atoms with Crippen LogP contribution in [0.1, 0.15) is 36.4 Å². The van der Waals surface area contributed by atoms with E-state index in [0.717, 1.165) is 11.6 Å². The van der Waals surface area contributed by atoms with Crippen molar-refractivity contribution < 1.29 is 4.79 Å². The van der Waals surface area contributed by atoms with E-state index in [0.29, 0.717) is 12.5 Å². The molecule has 1 amide bonds. The van der Waals surface area contributed by atoms with Gasteiger partial charge in [0, 0.05) is 18.8 Å². The Labute approximate surface area is 108 Å². The van der Waals surface area contributed by atoms with E-state index in [1.54, 1.807) is 4.90 Å². The predicted octanol–water partition coefficient (Wildman–Crippen LogP) is 2.27. The van der Waals surface area contributed by atoms with Crippen molar-refractivity contribution in [1.82, 2.24) is 5.32 Å². The van der Waals surface area contributed by atoms with Gasteiger partial charge in [-0.15, -0.1) is 0 Å². The number of nitrogens with zero attached hydrogens (tertiary/aromatic N) is 1. The zero-order valence-corrected chi connectivity index (χ0v) is 11.1. The highest BCUT2D eigenvalue weighted by molar-refractivity contribution is 6.00. The number of rotatable bonds is 3. The first kappa shape index (κ1) is 11.7. The molecule has 1 atom stereocenters. The van der Waals surface area contributed by atoms with E-state index in [4.69, 9.17) is 0 Å². The molecule has 0 aromatic heterocycles. The van der Waals surface area contributed by atoms with Gasteiger partial charge in [0.05, 0.1) is 6.42 Å². The SMILES string of the molecule is CNC(c1ccc2c(c1)CC(=O)N2C)C1CCC1. The summed E-state index contributed by atoms with van der Waals surface area (Å²) in [5.74, 6) is 0.967. The van der Waals surface area contributed by atoms with Crippen LogP contribution in [-0.4, -0.2) is 20.0 Å². The Balaban J connectivity index is 1.90. The first-order chi connectivity index (χ1) is 8.70. The maximum atomic E-state index is 11.7. The van der Waals surface area contributed by atoms with E-state index in [9.17, 15) is 4.79 Å². The smallest absolute Gasteiger partial charge is 0.231 e. The topological polar surface area (TPSA) is 32.3 Å². The summed E-state index contributed by atoms with van der Waals surface area (Å²) in [5, 5.41) is 3.44. The number of likely N-dealkylation sites (N-methyl/N-ethyl adjacent to an activating group) is 1. The van der Waals surface area contributed by atoms with Crippen LogP contribution in [0.3, 0.4) is 0 Å². The van der Waals surface area contributed by atoms with Crippen LogP contribution < -0.4 is 10.2 Å². The molecule has 1 aliphatic carbocycles. The van der Waals surface area contributed by atoms with Gasteiger partial charge in [-0.3, -0.25) is 4.79 Å². The molecule has 1 unspecified atom stereocenters. The van der Waals surface area contributed by atoms with Crippen LogP contribution in [0.15, 0.2) is 18.2 Å². The van der Waals surface area contributed by atoms with Gasteiger partial charge in [0.2, 0.25) is 5.91 Å². The fraction of sp³-hybridized carbons (Fsp3) is 0.533. The number of hydrogen-bond acceptors (Lipinski definition) is 2. The first-order valence-corrected chi connectivity index (χ1v) is 6.77. The highest BCUT2D eigenvalue weighted by Gasteiger charge is 2.29. The number of carbonyl (C=O) groups is 1. The Morgan fingerprint density at radius 1 is 1.39 bits per heavy atom. The van der Waals surface area contributed by atoms with E-state index < -0.39 is 0 Å². The van der Waals surface area contributed by atoms with E-state index in [2.05, 4.69) is 23.5 Å². The highest BCUT2D eigenvalue weighted by atomic mass is 16.2. The second kappa shape index (κ2) is 4.39. The molecule has 2 aliphatic rings. The van der Waals surface area contributed by atoms with Crippen molar-refractivity contribution in [1.29, 1.82) is 0 Å². The first-order valence-electron chi connectivity index (χ1n) is 6.77. The molecule has 0 spiro atoms. The van der Waals surface area contributed by atoms with Crippen molar-refractivity contribution in [2.24, 2.45) is 5.92 Å². The molecule has 1 fully saturated rings. The zero-order valence-electron chi connectivity index (χ0n) is 11.1. The highest BCUT2D eigenvalue weighted by Crippen LogP contribution is 2.39. The molecule has 96 valence electrons. The molecule has 0 radical (unpaired) electrons. The third kappa shape index (κ3) is 1.74. The summed E-state index contributed by atoms with van der Waals surface area (Å²) >= 11 is 0. The molecule has 1 aromatic rings. The number of nitrogens with one attached hydrogen (secondary N) is 1. The van der Waals surface area contributed by atoms with Gasteiger partial charge < -0.3 is 10.2 Å². The predicted molar refractivity (Wildman–Crippen MR) is 72.7 cm³/mol. The summed E-state index contributed by atoms with van der Waals surface area (Å²) in [6.45, 7) is 0. The number of carbonyl (C=O) groups excluding carboxylic acids is 1. The molecular weight excluding hydrogens is 224 g/mol. The van der Waals surface area contributed by atoms with Crippen LogP contribution in [0.25, 0.3) is 0 Å². The maximum Gasteiger partial charge on any atom is 0.231 e. The minimum atomic E-state index is 0.201. The molecule has 0 saturated heterocycles. The molecule has 1 aromatic carbocycles. The average molecular weight is 244 g/mol. The summed E-state index contributed by atoms with van der Waals surface area (Å²) in [5.41, 5.74) is 3.59. The van der Waals surface area contributed by atoms with Crippen molar-refractivity contribution in [3.8, 4) is 0 Å². The molecule has 18 heavy (non-hydrogen) atoms. The van der Waals surface area contributed by atoms with Crippen LogP contribution in [0.5, 0.6) is 0 Å². The Morgan fingerprint density at radius 3 is 2.78 bits per heavy atom. The van der Waals surface area contributed by atoms with Crippen molar-refractivity contribution >= 4 is 11.6 Å². The van der Waals surface area contributed by atoms with E-state index >= 15 is 0 Å². The van der Waals surface area contributed by atoms with Crippen LogP contribution in [-0.2, 0) is 11.2 Å². The van der Waals surface area contributed by atoms with Crippen LogP contribution >= 0.6 is 0 Å². The minimum Gasteiger partial charge on any atom is -0.315 e. The zero-order chi connectivity index (χ0) is 12.7. The summed E-state index contributed by atoms with van der Waals surface area (Å²) < 4.78 is 0. The van der Waals surface area contributed by atoms with Crippen LogP contribution in [0.2, 0.25) is 0 Å². The van der Waals surface area contributed by atoms with Gasteiger partial charge in [0.15, 0.2) is 0 Å². The lowest BCUT2D eigenvalue weighted by atomic mass is 9.77. The largest absolute Gasteiger partial charge is 0.315 e. The van der Waals surface area contributed by atoms with E-state index in [-0.39, 0.29) is 5.91 Å². The van der Waals surface area contributed by atoms with E-state index in [1.807, 2.05) is 14.1 Å². The average Bonchev–Trinajstić information content (AvgIpc) is 2.59. The Morgan fingerprint density at radius 2 is 2.17 bits per heavy atom. The molecule has 1 N–H and O–H groups in total. The molecule has 1 aliphatic heterocycles. The van der Waals surface area contributed by atoms with E-state index in [1.165, 1.54) is 30.4 Å². The van der Waals surface area contributed by atoms with Crippen molar-refractivity contribution in [2.45, 2.75) is 31.7 Å². The molecule has 1 saturated carbocycles. The van der Waals surface area contributed by atoms with Crippen LogP contribution in [0.4, 0.5) is 5.69 Å². The van der Waals surface area contributed by atoms with Gasteiger partial charge in [-0.1, -0.05) is 18.6 Å². The molecule has 3 rings (SSSR count). The van der Waals surface area contributed by atoms with Gasteiger partial charge in [0.25, 0.3) is 0 Å². The fourth-order valence-electron chi connectivity index (χ4n) is 3.13. The second-order valence-corrected chi connectivity index (χ2v) is 5.48.